The highest BCUT2D eigenvalue weighted by Gasteiger charge is 2.24. The number of halogens is 1. The number of carbonyl (C=O) groups excluding carboxylic acids is 1. The number of hydrogen-bond acceptors (Lipinski definition) is 3. The number of carbonyl (C=O) groups is 1. The molecule has 27 heavy (non-hydrogen) atoms. The number of nitrogens with zero attached hydrogens (tertiary/aromatic N) is 2. The first-order valence-electron chi connectivity index (χ1n) is 9.61. The van der Waals surface area contributed by atoms with Gasteiger partial charge in [0.15, 0.2) is 0 Å². The van der Waals surface area contributed by atoms with Crippen molar-refractivity contribution in [1.82, 2.24) is 9.80 Å². The summed E-state index contributed by atoms with van der Waals surface area (Å²) >= 11 is 6.16. The Kier molecular flexibility index (Phi) is 6.89. The summed E-state index contributed by atoms with van der Waals surface area (Å²) in [6.07, 6.45) is 1.07. The Bertz CT molecular complexity index is 765. The molecule has 1 atom stereocenters. The summed E-state index contributed by atoms with van der Waals surface area (Å²) in [7, 11) is 0. The largest absolute Gasteiger partial charge is 0.324 e. The quantitative estimate of drug-likeness (QED) is 0.838. The molecular formula is C22H28ClN3O. The number of nitrogens with one attached hydrogen (secondary N) is 1. The van der Waals surface area contributed by atoms with Crippen molar-refractivity contribution in [1.29, 1.82) is 0 Å². The van der Waals surface area contributed by atoms with Gasteiger partial charge >= 0.3 is 0 Å². The van der Waals surface area contributed by atoms with E-state index in [1.54, 1.807) is 0 Å². The van der Waals surface area contributed by atoms with E-state index in [0.29, 0.717) is 5.02 Å². The fourth-order valence-electron chi connectivity index (χ4n) is 3.52. The van der Waals surface area contributed by atoms with E-state index in [1.807, 2.05) is 32.0 Å². The summed E-state index contributed by atoms with van der Waals surface area (Å²) < 4.78 is 0. The number of benzene rings is 2. The van der Waals surface area contributed by atoms with Gasteiger partial charge in [-0.2, -0.15) is 0 Å². The summed E-state index contributed by atoms with van der Waals surface area (Å²) in [5, 5.41) is 3.71. The molecule has 3 rings (SSSR count). The Labute approximate surface area is 167 Å². The van der Waals surface area contributed by atoms with E-state index < -0.39 is 0 Å². The summed E-state index contributed by atoms with van der Waals surface area (Å²) in [6.45, 7) is 8.76. The molecule has 1 fully saturated rings. The van der Waals surface area contributed by atoms with Gasteiger partial charge in [-0.3, -0.25) is 14.6 Å². The number of amides is 1. The molecule has 1 N–H and O–H groups in total. The lowest BCUT2D eigenvalue weighted by molar-refractivity contribution is -0.120. The monoisotopic (exact) mass is 385 g/mol. The molecule has 0 aliphatic carbocycles. The summed E-state index contributed by atoms with van der Waals surface area (Å²) in [4.78, 5) is 17.5. The second-order valence-electron chi connectivity index (χ2n) is 7.23. The van der Waals surface area contributed by atoms with Gasteiger partial charge in [0, 0.05) is 36.9 Å². The third-order valence-electron chi connectivity index (χ3n) is 5.32. The molecule has 1 aliphatic rings. The van der Waals surface area contributed by atoms with Crippen molar-refractivity contribution in [3.05, 3.63) is 64.7 Å². The molecule has 1 amide bonds. The third-order valence-corrected chi connectivity index (χ3v) is 5.73. The van der Waals surface area contributed by atoms with Crippen molar-refractivity contribution in [3.8, 4) is 0 Å². The number of rotatable bonds is 5. The maximum atomic E-state index is 12.8. The standard InChI is InChI=1S/C22H28ClN3O/c1-17-20(23)10-6-11-21(17)24-22(27)18(2)26-13-7-12-25(14-15-26)16-19-8-4-3-5-9-19/h3-6,8-11,18H,7,12-16H2,1-2H3,(H,24,27). The Morgan fingerprint density at radius 3 is 2.63 bits per heavy atom. The molecule has 1 saturated heterocycles. The van der Waals surface area contributed by atoms with Crippen molar-refractivity contribution in [2.75, 3.05) is 31.5 Å². The van der Waals surface area contributed by atoms with Crippen molar-refractivity contribution in [2.45, 2.75) is 32.9 Å². The van der Waals surface area contributed by atoms with Crippen LogP contribution in [0.1, 0.15) is 24.5 Å². The Balaban J connectivity index is 1.56. The van der Waals surface area contributed by atoms with Gasteiger partial charge < -0.3 is 5.32 Å². The fourth-order valence-corrected chi connectivity index (χ4v) is 3.70. The minimum atomic E-state index is -0.167. The molecule has 0 bridgehead atoms. The highest BCUT2D eigenvalue weighted by atomic mass is 35.5. The lowest BCUT2D eigenvalue weighted by Crippen LogP contribution is -2.44. The van der Waals surface area contributed by atoms with Crippen LogP contribution in [0.2, 0.25) is 5.02 Å². The van der Waals surface area contributed by atoms with Crippen LogP contribution < -0.4 is 5.32 Å². The van der Waals surface area contributed by atoms with Gasteiger partial charge in [-0.15, -0.1) is 0 Å². The molecule has 0 radical (unpaired) electrons. The van der Waals surface area contributed by atoms with Gasteiger partial charge in [-0.05, 0) is 50.1 Å². The van der Waals surface area contributed by atoms with Crippen molar-refractivity contribution >= 4 is 23.2 Å². The van der Waals surface area contributed by atoms with Crippen molar-refractivity contribution < 1.29 is 4.79 Å². The average Bonchev–Trinajstić information content (AvgIpc) is 2.91. The normalized spacial score (nSPS) is 17.3. The third kappa shape index (κ3) is 5.32. The molecule has 2 aromatic carbocycles. The number of anilines is 1. The second-order valence-corrected chi connectivity index (χ2v) is 7.64. The van der Waals surface area contributed by atoms with Crippen LogP contribution in [-0.4, -0.2) is 47.9 Å². The second kappa shape index (κ2) is 9.36. The summed E-state index contributed by atoms with van der Waals surface area (Å²) in [5.74, 6) is 0.0249. The minimum Gasteiger partial charge on any atom is -0.324 e. The summed E-state index contributed by atoms with van der Waals surface area (Å²) in [5.41, 5.74) is 3.04. The predicted molar refractivity (Wildman–Crippen MR) is 112 cm³/mol. The van der Waals surface area contributed by atoms with Crippen molar-refractivity contribution in [2.24, 2.45) is 0 Å². The van der Waals surface area contributed by atoms with Crippen LogP contribution >= 0.6 is 11.6 Å². The zero-order valence-electron chi connectivity index (χ0n) is 16.1. The minimum absolute atomic E-state index is 0.0249. The molecule has 0 aromatic heterocycles. The van der Waals surface area contributed by atoms with Crippen LogP contribution in [0.3, 0.4) is 0 Å². The molecule has 1 aliphatic heterocycles. The molecular weight excluding hydrogens is 358 g/mol. The molecule has 144 valence electrons. The molecule has 1 unspecified atom stereocenters. The smallest absolute Gasteiger partial charge is 0.241 e. The van der Waals surface area contributed by atoms with E-state index in [-0.39, 0.29) is 11.9 Å². The fraction of sp³-hybridized carbons (Fsp3) is 0.409. The lowest BCUT2D eigenvalue weighted by Gasteiger charge is -2.27. The molecule has 0 spiro atoms. The van der Waals surface area contributed by atoms with Crippen LogP contribution in [0.15, 0.2) is 48.5 Å². The average molecular weight is 386 g/mol. The maximum Gasteiger partial charge on any atom is 0.241 e. The maximum absolute atomic E-state index is 12.8. The molecule has 5 heteroatoms. The molecule has 2 aromatic rings. The van der Waals surface area contributed by atoms with Crippen molar-refractivity contribution in [3.63, 3.8) is 0 Å². The first kappa shape index (κ1) is 19.9. The van der Waals surface area contributed by atoms with E-state index in [1.165, 1.54) is 5.56 Å². The molecule has 0 saturated carbocycles. The topological polar surface area (TPSA) is 35.6 Å². The molecule has 4 nitrogen and oxygen atoms in total. The highest BCUT2D eigenvalue weighted by Crippen LogP contribution is 2.23. The Morgan fingerprint density at radius 1 is 1.07 bits per heavy atom. The Morgan fingerprint density at radius 2 is 1.85 bits per heavy atom. The van der Waals surface area contributed by atoms with Gasteiger partial charge in [0.2, 0.25) is 5.91 Å². The van der Waals surface area contributed by atoms with E-state index >= 15 is 0 Å². The predicted octanol–water partition coefficient (Wildman–Crippen LogP) is 4.18. The first-order chi connectivity index (χ1) is 13.0. The van der Waals surface area contributed by atoms with Gasteiger partial charge in [0.25, 0.3) is 0 Å². The van der Waals surface area contributed by atoms with Crippen LogP contribution in [0, 0.1) is 6.92 Å². The van der Waals surface area contributed by atoms with Gasteiger partial charge in [0.1, 0.15) is 0 Å². The number of hydrogen-bond donors (Lipinski definition) is 1. The highest BCUT2D eigenvalue weighted by molar-refractivity contribution is 6.31. The van der Waals surface area contributed by atoms with Crippen LogP contribution in [0.5, 0.6) is 0 Å². The van der Waals surface area contributed by atoms with Crippen LogP contribution in [0.25, 0.3) is 0 Å². The van der Waals surface area contributed by atoms with E-state index in [0.717, 1.165) is 50.4 Å². The summed E-state index contributed by atoms with van der Waals surface area (Å²) in [6, 6.07) is 16.0. The van der Waals surface area contributed by atoms with Gasteiger partial charge in [0.05, 0.1) is 6.04 Å². The Hall–Kier alpha value is -1.88. The van der Waals surface area contributed by atoms with E-state index in [4.69, 9.17) is 11.6 Å². The van der Waals surface area contributed by atoms with E-state index in [2.05, 4.69) is 45.4 Å². The van der Waals surface area contributed by atoms with Crippen LogP contribution in [-0.2, 0) is 11.3 Å². The van der Waals surface area contributed by atoms with Gasteiger partial charge in [-0.1, -0.05) is 48.0 Å². The SMILES string of the molecule is Cc1c(Cl)cccc1NC(=O)C(C)N1CCCN(Cc2ccccc2)CC1. The first-order valence-corrected chi connectivity index (χ1v) is 9.98. The van der Waals surface area contributed by atoms with E-state index in [9.17, 15) is 4.79 Å². The zero-order valence-corrected chi connectivity index (χ0v) is 16.9. The zero-order chi connectivity index (χ0) is 19.2. The molecule has 1 heterocycles. The van der Waals surface area contributed by atoms with Gasteiger partial charge in [-0.25, -0.2) is 0 Å². The van der Waals surface area contributed by atoms with Crippen LogP contribution in [0.4, 0.5) is 5.69 Å². The lowest BCUT2D eigenvalue weighted by atomic mass is 10.2.